The third kappa shape index (κ3) is 4.77. The fourth-order valence-corrected chi connectivity index (χ4v) is 2.79. The smallest absolute Gasteiger partial charge is 0.237 e. The number of likely N-dealkylation sites (N-methyl/N-ethyl adjacent to an activating group) is 1. The molecule has 0 aromatic heterocycles. The van der Waals surface area contributed by atoms with Crippen molar-refractivity contribution in [1.29, 1.82) is 0 Å². The number of benzene rings is 1. The van der Waals surface area contributed by atoms with Crippen LogP contribution in [0, 0.1) is 11.6 Å². The van der Waals surface area contributed by atoms with Crippen LogP contribution in [0.4, 0.5) is 8.78 Å². The summed E-state index contributed by atoms with van der Waals surface area (Å²) in [6.45, 7) is 1.33. The number of rotatable bonds is 4. The second-order valence-corrected chi connectivity index (χ2v) is 5.66. The molecule has 1 unspecified atom stereocenters. The van der Waals surface area contributed by atoms with E-state index in [1.54, 1.807) is 0 Å². The topological polar surface area (TPSA) is 32.3 Å². The predicted molar refractivity (Wildman–Crippen MR) is 78.0 cm³/mol. The molecule has 116 valence electrons. The van der Waals surface area contributed by atoms with Crippen LogP contribution >= 0.6 is 0 Å². The fraction of sp³-hybridized carbons (Fsp3) is 0.562. The van der Waals surface area contributed by atoms with Gasteiger partial charge in [0, 0.05) is 12.6 Å². The summed E-state index contributed by atoms with van der Waals surface area (Å²) in [5.41, 5.74) is 0.557. The lowest BCUT2D eigenvalue weighted by Crippen LogP contribution is -2.45. The number of halogens is 2. The van der Waals surface area contributed by atoms with E-state index >= 15 is 0 Å². The molecule has 0 aliphatic carbocycles. The highest BCUT2D eigenvalue weighted by Crippen LogP contribution is 2.15. The van der Waals surface area contributed by atoms with Crippen LogP contribution in [0.25, 0.3) is 0 Å². The Labute approximate surface area is 124 Å². The molecular weight excluding hydrogens is 274 g/mol. The van der Waals surface area contributed by atoms with Crippen LogP contribution in [-0.2, 0) is 11.2 Å². The van der Waals surface area contributed by atoms with Crippen molar-refractivity contribution >= 4 is 5.91 Å². The maximum absolute atomic E-state index is 13.1. The van der Waals surface area contributed by atoms with E-state index in [-0.39, 0.29) is 11.9 Å². The normalized spacial score (nSPS) is 20.0. The first-order valence-electron chi connectivity index (χ1n) is 7.49. The van der Waals surface area contributed by atoms with Gasteiger partial charge in [-0.25, -0.2) is 8.78 Å². The lowest BCUT2D eigenvalue weighted by molar-refractivity contribution is -0.126. The van der Waals surface area contributed by atoms with Crippen LogP contribution in [0.3, 0.4) is 0 Å². The Morgan fingerprint density at radius 2 is 1.95 bits per heavy atom. The number of hydrogen-bond acceptors (Lipinski definition) is 2. The van der Waals surface area contributed by atoms with Crippen molar-refractivity contribution in [3.8, 4) is 0 Å². The van der Waals surface area contributed by atoms with Crippen LogP contribution < -0.4 is 5.32 Å². The number of hydrogen-bond donors (Lipinski definition) is 1. The first-order chi connectivity index (χ1) is 10.1. The number of nitrogens with one attached hydrogen (secondary N) is 1. The summed E-state index contributed by atoms with van der Waals surface area (Å²) in [5, 5.41) is 2.87. The van der Waals surface area contributed by atoms with Gasteiger partial charge in [0.1, 0.15) is 11.6 Å². The number of nitrogens with zero attached hydrogens (tertiary/aromatic N) is 1. The van der Waals surface area contributed by atoms with Gasteiger partial charge in [-0.15, -0.1) is 0 Å². The van der Waals surface area contributed by atoms with Gasteiger partial charge in [-0.3, -0.25) is 9.69 Å². The molecule has 1 aromatic carbocycles. The molecule has 1 N–H and O–H groups in total. The van der Waals surface area contributed by atoms with E-state index < -0.39 is 11.6 Å². The average molecular weight is 296 g/mol. The molecule has 1 aromatic rings. The third-order valence-electron chi connectivity index (χ3n) is 3.96. The molecule has 1 heterocycles. The number of likely N-dealkylation sites (tertiary alicyclic amines) is 1. The van der Waals surface area contributed by atoms with E-state index in [1.165, 1.54) is 12.1 Å². The van der Waals surface area contributed by atoms with Gasteiger partial charge in [0.25, 0.3) is 0 Å². The highest BCUT2D eigenvalue weighted by atomic mass is 19.1. The first-order valence-corrected chi connectivity index (χ1v) is 7.49. The maximum atomic E-state index is 13.1. The zero-order valence-corrected chi connectivity index (χ0v) is 12.4. The minimum absolute atomic E-state index is 0.0104. The summed E-state index contributed by atoms with van der Waals surface area (Å²) in [6.07, 6.45) is 4.66. The van der Waals surface area contributed by atoms with E-state index in [9.17, 15) is 13.6 Å². The molecule has 0 bridgehead atoms. The Hall–Kier alpha value is -1.49. The number of amides is 1. The van der Waals surface area contributed by atoms with Gasteiger partial charge in [-0.1, -0.05) is 12.8 Å². The van der Waals surface area contributed by atoms with Crippen LogP contribution in [-0.4, -0.2) is 37.0 Å². The van der Waals surface area contributed by atoms with Gasteiger partial charge in [0.2, 0.25) is 5.91 Å². The summed E-state index contributed by atoms with van der Waals surface area (Å²) in [5.74, 6) is -1.16. The monoisotopic (exact) mass is 296 g/mol. The van der Waals surface area contributed by atoms with E-state index in [2.05, 4.69) is 10.2 Å². The molecule has 0 radical (unpaired) electrons. The highest BCUT2D eigenvalue weighted by molar-refractivity contribution is 5.81. The molecule has 1 aliphatic rings. The molecule has 1 fully saturated rings. The average Bonchev–Trinajstić information content (AvgIpc) is 2.62. The lowest BCUT2D eigenvalue weighted by atomic mass is 10.1. The van der Waals surface area contributed by atoms with Crippen molar-refractivity contribution in [2.24, 2.45) is 0 Å². The molecule has 0 saturated carbocycles. The van der Waals surface area contributed by atoms with Crippen LogP contribution in [0.1, 0.15) is 31.2 Å². The maximum Gasteiger partial charge on any atom is 0.237 e. The minimum atomic E-state index is -0.583. The molecular formula is C16H22F2N2O. The summed E-state index contributed by atoms with van der Waals surface area (Å²) < 4.78 is 26.1. The molecule has 1 amide bonds. The van der Waals surface area contributed by atoms with Gasteiger partial charge < -0.3 is 5.32 Å². The van der Waals surface area contributed by atoms with Gasteiger partial charge in [-0.05, 0) is 50.6 Å². The summed E-state index contributed by atoms with van der Waals surface area (Å²) in [4.78, 5) is 14.3. The standard InChI is InChI=1S/C16H22F2N2O/c1-20-8-4-2-3-5-15(20)16(21)19-7-6-12-9-13(17)11-14(18)10-12/h9-11,15H,2-8H2,1H3,(H,19,21). The van der Waals surface area contributed by atoms with Crippen molar-refractivity contribution in [2.75, 3.05) is 20.1 Å². The number of carbonyl (C=O) groups is 1. The van der Waals surface area contributed by atoms with E-state index in [0.29, 0.717) is 18.5 Å². The van der Waals surface area contributed by atoms with Crippen molar-refractivity contribution in [1.82, 2.24) is 10.2 Å². The summed E-state index contributed by atoms with van der Waals surface area (Å²) >= 11 is 0. The molecule has 1 atom stereocenters. The SMILES string of the molecule is CN1CCCCCC1C(=O)NCCc1cc(F)cc(F)c1. The Morgan fingerprint density at radius 1 is 1.24 bits per heavy atom. The third-order valence-corrected chi connectivity index (χ3v) is 3.96. The lowest BCUT2D eigenvalue weighted by Gasteiger charge is -2.24. The Kier molecular flexibility index (Phi) is 5.67. The summed E-state index contributed by atoms with van der Waals surface area (Å²) in [6, 6.07) is 3.36. The molecule has 21 heavy (non-hydrogen) atoms. The molecule has 1 aliphatic heterocycles. The van der Waals surface area contributed by atoms with E-state index in [1.807, 2.05) is 7.05 Å². The number of carbonyl (C=O) groups excluding carboxylic acids is 1. The van der Waals surface area contributed by atoms with Gasteiger partial charge in [0.05, 0.1) is 6.04 Å². The predicted octanol–water partition coefficient (Wildman–Crippen LogP) is 2.50. The Balaban J connectivity index is 1.83. The largest absolute Gasteiger partial charge is 0.354 e. The van der Waals surface area contributed by atoms with E-state index in [4.69, 9.17) is 0 Å². The molecule has 1 saturated heterocycles. The van der Waals surface area contributed by atoms with Crippen molar-refractivity contribution in [3.63, 3.8) is 0 Å². The summed E-state index contributed by atoms with van der Waals surface area (Å²) in [7, 11) is 1.97. The minimum Gasteiger partial charge on any atom is -0.354 e. The quantitative estimate of drug-likeness (QED) is 0.926. The van der Waals surface area contributed by atoms with Crippen LogP contribution in [0.15, 0.2) is 18.2 Å². The zero-order chi connectivity index (χ0) is 15.2. The fourth-order valence-electron chi connectivity index (χ4n) is 2.79. The molecule has 3 nitrogen and oxygen atoms in total. The first kappa shape index (κ1) is 15.9. The van der Waals surface area contributed by atoms with Gasteiger partial charge in [-0.2, -0.15) is 0 Å². The molecule has 0 spiro atoms. The molecule has 5 heteroatoms. The van der Waals surface area contributed by atoms with Crippen molar-refractivity contribution in [2.45, 2.75) is 38.1 Å². The van der Waals surface area contributed by atoms with Crippen LogP contribution in [0.2, 0.25) is 0 Å². The second-order valence-electron chi connectivity index (χ2n) is 5.66. The van der Waals surface area contributed by atoms with Crippen molar-refractivity contribution in [3.05, 3.63) is 35.4 Å². The zero-order valence-electron chi connectivity index (χ0n) is 12.4. The van der Waals surface area contributed by atoms with Crippen molar-refractivity contribution < 1.29 is 13.6 Å². The Bertz CT molecular complexity index is 473. The van der Waals surface area contributed by atoms with Gasteiger partial charge in [0.15, 0.2) is 0 Å². The second kappa shape index (κ2) is 7.50. The molecule has 2 rings (SSSR count). The van der Waals surface area contributed by atoms with Gasteiger partial charge >= 0.3 is 0 Å². The van der Waals surface area contributed by atoms with E-state index in [0.717, 1.165) is 38.3 Å². The van der Waals surface area contributed by atoms with Crippen LogP contribution in [0.5, 0.6) is 0 Å². The highest BCUT2D eigenvalue weighted by Gasteiger charge is 2.24. The Morgan fingerprint density at radius 3 is 2.67 bits per heavy atom.